The Bertz CT molecular complexity index is 990. The van der Waals surface area contributed by atoms with Gasteiger partial charge in [-0.25, -0.2) is 9.37 Å². The SMILES string of the molecule is Cc1cc(Nc2cc3ncccc3c(NC3C[C@H]4CC[C@@H](C3)N4CCF)n2)n[nH]1. The zero-order valence-electron chi connectivity index (χ0n) is 16.5. The van der Waals surface area contributed by atoms with Gasteiger partial charge in [-0.05, 0) is 44.7 Å². The van der Waals surface area contributed by atoms with Crippen LogP contribution in [0.4, 0.5) is 21.8 Å². The fourth-order valence-corrected chi connectivity index (χ4v) is 4.91. The first-order chi connectivity index (χ1) is 14.2. The van der Waals surface area contributed by atoms with Gasteiger partial charge < -0.3 is 10.6 Å². The van der Waals surface area contributed by atoms with Gasteiger partial charge >= 0.3 is 0 Å². The molecule has 1 unspecified atom stereocenters. The van der Waals surface area contributed by atoms with E-state index in [-0.39, 0.29) is 6.67 Å². The number of hydrogen-bond donors (Lipinski definition) is 3. The Balaban J connectivity index is 1.40. The first-order valence-electron chi connectivity index (χ1n) is 10.3. The number of halogens is 1. The summed E-state index contributed by atoms with van der Waals surface area (Å²) in [6.07, 6.45) is 6.17. The second-order valence-electron chi connectivity index (χ2n) is 8.11. The van der Waals surface area contributed by atoms with Crippen LogP contribution in [0.25, 0.3) is 10.9 Å². The number of nitrogens with zero attached hydrogens (tertiary/aromatic N) is 4. The number of anilines is 3. The zero-order chi connectivity index (χ0) is 19.8. The van der Waals surface area contributed by atoms with E-state index in [0.29, 0.717) is 30.5 Å². The van der Waals surface area contributed by atoms with Crippen molar-refractivity contribution in [3.05, 3.63) is 36.2 Å². The van der Waals surface area contributed by atoms with Crippen molar-refractivity contribution in [2.75, 3.05) is 23.9 Å². The van der Waals surface area contributed by atoms with Gasteiger partial charge in [-0.1, -0.05) is 0 Å². The van der Waals surface area contributed by atoms with Crippen LogP contribution in [0.15, 0.2) is 30.5 Å². The normalized spacial score (nSPS) is 24.1. The van der Waals surface area contributed by atoms with Gasteiger partial charge in [-0.2, -0.15) is 5.10 Å². The van der Waals surface area contributed by atoms with Crippen LogP contribution in [0.1, 0.15) is 31.4 Å². The van der Waals surface area contributed by atoms with E-state index in [4.69, 9.17) is 4.98 Å². The summed E-state index contributed by atoms with van der Waals surface area (Å²) in [6.45, 7) is 2.27. The Hall–Kier alpha value is -2.74. The molecule has 0 radical (unpaired) electrons. The van der Waals surface area contributed by atoms with Gasteiger partial charge in [0.1, 0.15) is 18.3 Å². The zero-order valence-corrected chi connectivity index (χ0v) is 16.5. The van der Waals surface area contributed by atoms with Gasteiger partial charge in [0.2, 0.25) is 0 Å². The molecule has 5 rings (SSSR count). The van der Waals surface area contributed by atoms with E-state index < -0.39 is 0 Å². The summed E-state index contributed by atoms with van der Waals surface area (Å²) in [5.74, 6) is 2.28. The summed E-state index contributed by atoms with van der Waals surface area (Å²) in [6, 6.07) is 9.15. The van der Waals surface area contributed by atoms with Gasteiger partial charge in [0.05, 0.1) is 5.52 Å². The van der Waals surface area contributed by atoms with Crippen LogP contribution >= 0.6 is 0 Å². The molecule has 0 aliphatic carbocycles. The molecule has 3 aromatic rings. The second-order valence-corrected chi connectivity index (χ2v) is 8.11. The minimum absolute atomic E-state index is 0.261. The van der Waals surface area contributed by atoms with Crippen molar-refractivity contribution in [2.45, 2.75) is 50.7 Å². The molecule has 0 amide bonds. The molecule has 3 aromatic heterocycles. The minimum atomic E-state index is -0.261. The average molecular weight is 395 g/mol. The van der Waals surface area contributed by atoms with E-state index in [0.717, 1.165) is 41.1 Å². The van der Waals surface area contributed by atoms with Gasteiger partial charge in [0.25, 0.3) is 0 Å². The topological polar surface area (TPSA) is 81.8 Å². The molecule has 2 saturated heterocycles. The Morgan fingerprint density at radius 2 is 2.03 bits per heavy atom. The summed E-state index contributed by atoms with van der Waals surface area (Å²) >= 11 is 0. The molecule has 0 saturated carbocycles. The van der Waals surface area contributed by atoms with E-state index >= 15 is 0 Å². The van der Waals surface area contributed by atoms with Crippen LogP contribution in [-0.4, -0.2) is 56.4 Å². The van der Waals surface area contributed by atoms with Gasteiger partial charge in [-0.3, -0.25) is 15.0 Å². The first kappa shape index (κ1) is 18.3. The standard InChI is InChI=1S/C21H26FN7/c1-13-9-20(28-27-13)25-19-12-18-17(3-2-7-23-18)21(26-19)24-14-10-15-4-5-16(11-14)29(15)8-6-22/h2-3,7,9,12,14-16H,4-6,8,10-11H2,1H3,(H3,24,25,26,27,28)/t14?,15-,16+. The quantitative estimate of drug-likeness (QED) is 0.589. The third-order valence-corrected chi connectivity index (χ3v) is 6.13. The van der Waals surface area contributed by atoms with Gasteiger partial charge in [0.15, 0.2) is 5.82 Å². The molecule has 2 aliphatic heterocycles. The Labute approximate surface area is 169 Å². The Morgan fingerprint density at radius 3 is 2.76 bits per heavy atom. The molecule has 8 heteroatoms. The molecule has 3 atom stereocenters. The largest absolute Gasteiger partial charge is 0.367 e. The molecule has 152 valence electrons. The second kappa shape index (κ2) is 7.59. The smallest absolute Gasteiger partial charge is 0.153 e. The van der Waals surface area contributed by atoms with Crippen LogP contribution in [0.5, 0.6) is 0 Å². The highest BCUT2D eigenvalue weighted by atomic mass is 19.1. The van der Waals surface area contributed by atoms with Crippen molar-refractivity contribution in [1.29, 1.82) is 0 Å². The highest BCUT2D eigenvalue weighted by Gasteiger charge is 2.40. The molecular weight excluding hydrogens is 369 g/mol. The Kier molecular flexibility index (Phi) is 4.79. The first-order valence-corrected chi connectivity index (χ1v) is 10.3. The number of alkyl halides is 1. The van der Waals surface area contributed by atoms with Crippen molar-refractivity contribution in [1.82, 2.24) is 25.1 Å². The molecule has 0 spiro atoms. The van der Waals surface area contributed by atoms with Crippen molar-refractivity contribution in [3.63, 3.8) is 0 Å². The number of aryl methyl sites for hydroxylation is 1. The molecule has 0 aromatic carbocycles. The number of aromatic amines is 1. The fourth-order valence-electron chi connectivity index (χ4n) is 4.91. The maximum absolute atomic E-state index is 12.9. The van der Waals surface area contributed by atoms with Crippen molar-refractivity contribution in [2.24, 2.45) is 0 Å². The maximum atomic E-state index is 12.9. The van der Waals surface area contributed by atoms with E-state index in [2.05, 4.69) is 30.7 Å². The lowest BCUT2D eigenvalue weighted by Crippen LogP contribution is -2.47. The predicted molar refractivity (Wildman–Crippen MR) is 112 cm³/mol. The predicted octanol–water partition coefficient (Wildman–Crippen LogP) is 3.78. The monoisotopic (exact) mass is 395 g/mol. The van der Waals surface area contributed by atoms with E-state index in [1.807, 2.05) is 31.2 Å². The summed E-state index contributed by atoms with van der Waals surface area (Å²) in [5, 5.41) is 15.1. The van der Waals surface area contributed by atoms with Crippen LogP contribution in [-0.2, 0) is 0 Å². The molecule has 2 bridgehead atoms. The summed E-state index contributed by atoms with van der Waals surface area (Å²) < 4.78 is 12.9. The molecular formula is C21H26FN7. The van der Waals surface area contributed by atoms with Crippen molar-refractivity contribution < 1.29 is 4.39 Å². The molecule has 5 heterocycles. The lowest BCUT2D eigenvalue weighted by atomic mass is 9.97. The van der Waals surface area contributed by atoms with E-state index in [9.17, 15) is 4.39 Å². The van der Waals surface area contributed by atoms with Crippen LogP contribution in [0, 0.1) is 6.92 Å². The maximum Gasteiger partial charge on any atom is 0.153 e. The van der Waals surface area contributed by atoms with E-state index in [1.54, 1.807) is 6.20 Å². The highest BCUT2D eigenvalue weighted by Crippen LogP contribution is 2.37. The Morgan fingerprint density at radius 1 is 1.21 bits per heavy atom. The van der Waals surface area contributed by atoms with Crippen LogP contribution < -0.4 is 10.6 Å². The summed E-state index contributed by atoms with van der Waals surface area (Å²) in [7, 11) is 0. The van der Waals surface area contributed by atoms with Gasteiger partial charge in [0, 0.05) is 54.1 Å². The average Bonchev–Trinajstić information content (AvgIpc) is 3.21. The van der Waals surface area contributed by atoms with Gasteiger partial charge in [-0.15, -0.1) is 0 Å². The number of rotatable bonds is 6. The van der Waals surface area contributed by atoms with Crippen molar-refractivity contribution >= 4 is 28.4 Å². The highest BCUT2D eigenvalue weighted by molar-refractivity contribution is 5.91. The lowest BCUT2D eigenvalue weighted by Gasteiger charge is -2.39. The molecule has 2 fully saturated rings. The number of H-pyrrole nitrogens is 1. The summed E-state index contributed by atoms with van der Waals surface area (Å²) in [4.78, 5) is 11.7. The number of aromatic nitrogens is 4. The third-order valence-electron chi connectivity index (χ3n) is 6.13. The number of hydrogen-bond acceptors (Lipinski definition) is 6. The third kappa shape index (κ3) is 3.64. The molecule has 29 heavy (non-hydrogen) atoms. The summed E-state index contributed by atoms with van der Waals surface area (Å²) in [5.41, 5.74) is 1.87. The number of nitrogens with one attached hydrogen (secondary N) is 3. The number of pyridine rings is 2. The van der Waals surface area contributed by atoms with E-state index in [1.165, 1.54) is 12.8 Å². The molecule has 7 nitrogen and oxygen atoms in total. The number of fused-ring (bicyclic) bond motifs is 3. The number of piperidine rings is 1. The fraction of sp³-hybridized carbons (Fsp3) is 0.476. The minimum Gasteiger partial charge on any atom is -0.367 e. The van der Waals surface area contributed by atoms with Crippen LogP contribution in [0.2, 0.25) is 0 Å². The van der Waals surface area contributed by atoms with Crippen LogP contribution in [0.3, 0.4) is 0 Å². The van der Waals surface area contributed by atoms with Crippen molar-refractivity contribution in [3.8, 4) is 0 Å². The lowest BCUT2D eigenvalue weighted by molar-refractivity contribution is 0.123. The molecule has 2 aliphatic rings. The molecule has 3 N–H and O–H groups in total.